The third-order valence-electron chi connectivity index (χ3n) is 4.62. The van der Waals surface area contributed by atoms with Crippen molar-refractivity contribution in [1.29, 1.82) is 0 Å². The van der Waals surface area contributed by atoms with Crippen LogP contribution in [0.3, 0.4) is 0 Å². The summed E-state index contributed by atoms with van der Waals surface area (Å²) in [5.41, 5.74) is 1.22. The minimum absolute atomic E-state index is 0. The van der Waals surface area contributed by atoms with E-state index in [1.807, 2.05) is 38.0 Å². The maximum absolute atomic E-state index is 12.4. The zero-order valence-corrected chi connectivity index (χ0v) is 21.0. The number of aliphatic imine (C=N–C) groups is 1. The van der Waals surface area contributed by atoms with E-state index in [1.165, 1.54) is 5.56 Å². The minimum atomic E-state index is -3.27. The highest BCUT2D eigenvalue weighted by molar-refractivity contribution is 14.0. The third-order valence-corrected chi connectivity index (χ3v) is 6.45. The van der Waals surface area contributed by atoms with Crippen LogP contribution in [-0.4, -0.2) is 91.6 Å². The van der Waals surface area contributed by atoms with Crippen LogP contribution in [-0.2, 0) is 28.2 Å². The zero-order valence-electron chi connectivity index (χ0n) is 17.9. The van der Waals surface area contributed by atoms with E-state index in [1.54, 1.807) is 11.4 Å². The van der Waals surface area contributed by atoms with Gasteiger partial charge in [0.2, 0.25) is 10.0 Å². The molecule has 11 heteroatoms. The van der Waals surface area contributed by atoms with Crippen LogP contribution in [0.4, 0.5) is 0 Å². The van der Waals surface area contributed by atoms with Gasteiger partial charge in [0.15, 0.2) is 5.96 Å². The van der Waals surface area contributed by atoms with Crippen molar-refractivity contribution in [2.24, 2.45) is 12.0 Å². The Balaban J connectivity index is 0.00000420. The molecule has 1 fully saturated rings. The molecule has 0 radical (unpaired) electrons. The summed E-state index contributed by atoms with van der Waals surface area (Å²) in [5, 5.41) is 7.55. The molecule has 29 heavy (non-hydrogen) atoms. The highest BCUT2D eigenvalue weighted by atomic mass is 127. The van der Waals surface area contributed by atoms with Gasteiger partial charge in [0, 0.05) is 53.0 Å². The van der Waals surface area contributed by atoms with Crippen LogP contribution in [0.5, 0.6) is 0 Å². The summed E-state index contributed by atoms with van der Waals surface area (Å²) in [6.45, 7) is 7.06. The van der Waals surface area contributed by atoms with Crippen molar-refractivity contribution in [3.8, 4) is 0 Å². The number of rotatable bonds is 9. The van der Waals surface area contributed by atoms with Gasteiger partial charge in [0.05, 0.1) is 24.7 Å². The van der Waals surface area contributed by atoms with Gasteiger partial charge in [-0.3, -0.25) is 9.67 Å². The van der Waals surface area contributed by atoms with E-state index >= 15 is 0 Å². The van der Waals surface area contributed by atoms with Gasteiger partial charge in [-0.1, -0.05) is 0 Å². The van der Waals surface area contributed by atoms with Crippen molar-refractivity contribution < 1.29 is 13.2 Å². The lowest BCUT2D eigenvalue weighted by Crippen LogP contribution is -2.54. The number of aryl methyl sites for hydroxylation is 2. The second-order valence-electron chi connectivity index (χ2n) is 7.22. The normalized spacial score (nSPS) is 16.2. The lowest BCUT2D eigenvalue weighted by molar-refractivity contribution is 0.0904. The molecule has 0 atom stereocenters. The number of piperazine rings is 1. The van der Waals surface area contributed by atoms with Crippen LogP contribution in [0.25, 0.3) is 0 Å². The maximum Gasteiger partial charge on any atom is 0.216 e. The number of guanidine groups is 1. The molecule has 1 N–H and O–H groups in total. The van der Waals surface area contributed by atoms with E-state index in [4.69, 9.17) is 4.74 Å². The molecule has 0 saturated carbocycles. The fraction of sp³-hybridized carbons (Fsp3) is 0.778. The van der Waals surface area contributed by atoms with Gasteiger partial charge in [0.25, 0.3) is 0 Å². The SMILES string of the molecule is CN=C(NCCCc1cnn(C)c1)N1CCN(S(=O)(=O)CCOC(C)C)CC1.I. The largest absolute Gasteiger partial charge is 0.378 e. The molecule has 2 rings (SSSR count). The van der Waals surface area contributed by atoms with E-state index in [9.17, 15) is 8.42 Å². The number of aromatic nitrogens is 2. The van der Waals surface area contributed by atoms with Crippen molar-refractivity contribution >= 4 is 40.0 Å². The second-order valence-corrected chi connectivity index (χ2v) is 9.31. The predicted molar refractivity (Wildman–Crippen MR) is 126 cm³/mol. The quantitative estimate of drug-likeness (QED) is 0.216. The van der Waals surface area contributed by atoms with E-state index in [0.29, 0.717) is 26.2 Å². The van der Waals surface area contributed by atoms with E-state index in [-0.39, 0.29) is 42.4 Å². The van der Waals surface area contributed by atoms with Gasteiger partial charge >= 0.3 is 0 Å². The molecule has 0 unspecified atom stereocenters. The molecule has 1 saturated heterocycles. The molecule has 168 valence electrons. The molecule has 2 heterocycles. The van der Waals surface area contributed by atoms with Crippen LogP contribution in [0.2, 0.25) is 0 Å². The number of hydrogen-bond acceptors (Lipinski definition) is 5. The van der Waals surface area contributed by atoms with E-state index in [2.05, 4.69) is 20.3 Å². The van der Waals surface area contributed by atoms with Crippen molar-refractivity contribution in [2.45, 2.75) is 32.8 Å². The summed E-state index contributed by atoms with van der Waals surface area (Å²) >= 11 is 0. The molecule has 0 aromatic carbocycles. The summed E-state index contributed by atoms with van der Waals surface area (Å²) in [4.78, 5) is 6.46. The van der Waals surface area contributed by atoms with Crippen molar-refractivity contribution in [3.63, 3.8) is 0 Å². The number of sulfonamides is 1. The maximum atomic E-state index is 12.4. The molecule has 1 aliphatic heterocycles. The van der Waals surface area contributed by atoms with Crippen molar-refractivity contribution in [3.05, 3.63) is 18.0 Å². The molecular formula is C18H35IN6O3S. The van der Waals surface area contributed by atoms with Crippen LogP contribution in [0.1, 0.15) is 25.8 Å². The topological polar surface area (TPSA) is 92.1 Å². The highest BCUT2D eigenvalue weighted by Crippen LogP contribution is 2.09. The molecule has 0 amide bonds. The minimum Gasteiger partial charge on any atom is -0.378 e. The van der Waals surface area contributed by atoms with Crippen LogP contribution in [0, 0.1) is 0 Å². The third kappa shape index (κ3) is 8.77. The smallest absolute Gasteiger partial charge is 0.216 e. The molecule has 1 aromatic rings. The Labute approximate surface area is 191 Å². The van der Waals surface area contributed by atoms with Crippen LogP contribution < -0.4 is 5.32 Å². The monoisotopic (exact) mass is 542 g/mol. The van der Waals surface area contributed by atoms with Gasteiger partial charge in [-0.05, 0) is 32.3 Å². The Morgan fingerprint density at radius 1 is 1.31 bits per heavy atom. The van der Waals surface area contributed by atoms with Crippen LogP contribution >= 0.6 is 24.0 Å². The summed E-state index contributed by atoms with van der Waals surface area (Å²) < 4.78 is 33.6. The fourth-order valence-electron chi connectivity index (χ4n) is 3.12. The van der Waals surface area contributed by atoms with Gasteiger partial charge < -0.3 is 15.0 Å². The van der Waals surface area contributed by atoms with Gasteiger partial charge in [0.1, 0.15) is 0 Å². The first kappa shape index (κ1) is 26.1. The fourth-order valence-corrected chi connectivity index (χ4v) is 4.41. The van der Waals surface area contributed by atoms with E-state index in [0.717, 1.165) is 25.3 Å². The molecular weight excluding hydrogens is 507 g/mol. The number of hydrogen-bond donors (Lipinski definition) is 1. The lowest BCUT2D eigenvalue weighted by Gasteiger charge is -2.35. The number of halogens is 1. The van der Waals surface area contributed by atoms with E-state index < -0.39 is 10.0 Å². The summed E-state index contributed by atoms with van der Waals surface area (Å²) in [5.74, 6) is 0.860. The summed E-state index contributed by atoms with van der Waals surface area (Å²) in [6, 6.07) is 0. The van der Waals surface area contributed by atoms with Crippen molar-refractivity contribution in [1.82, 2.24) is 24.3 Å². The molecule has 0 spiro atoms. The molecule has 9 nitrogen and oxygen atoms in total. The Hall–Kier alpha value is -0.920. The zero-order chi connectivity index (χ0) is 20.6. The molecule has 1 aromatic heterocycles. The van der Waals surface area contributed by atoms with Gasteiger partial charge in [-0.2, -0.15) is 9.40 Å². The Kier molecular flexibility index (Phi) is 11.4. The second kappa shape index (κ2) is 12.7. The standard InChI is InChI=1S/C18H34N6O3S.HI/c1-16(2)27-12-13-28(25,26)24-10-8-23(9-11-24)18(19-3)20-7-5-6-17-14-21-22(4)15-17;/h14-16H,5-13H2,1-4H3,(H,19,20);1H. The molecule has 0 bridgehead atoms. The molecule has 1 aliphatic rings. The average Bonchev–Trinajstić information content (AvgIpc) is 3.07. The van der Waals surface area contributed by atoms with Gasteiger partial charge in [-0.15, -0.1) is 24.0 Å². The Morgan fingerprint density at radius 2 is 2.00 bits per heavy atom. The van der Waals surface area contributed by atoms with Gasteiger partial charge in [-0.25, -0.2) is 8.42 Å². The molecule has 0 aliphatic carbocycles. The predicted octanol–water partition coefficient (Wildman–Crippen LogP) is 0.919. The number of ether oxygens (including phenoxy) is 1. The van der Waals surface area contributed by atoms with Crippen LogP contribution in [0.15, 0.2) is 17.4 Å². The number of nitrogens with one attached hydrogen (secondary N) is 1. The first-order valence-corrected chi connectivity index (χ1v) is 11.5. The first-order valence-electron chi connectivity index (χ1n) is 9.84. The Bertz CT molecular complexity index is 730. The Morgan fingerprint density at radius 3 is 2.55 bits per heavy atom. The lowest BCUT2D eigenvalue weighted by atomic mass is 10.2. The highest BCUT2D eigenvalue weighted by Gasteiger charge is 2.27. The number of nitrogens with zero attached hydrogens (tertiary/aromatic N) is 5. The summed E-state index contributed by atoms with van der Waals surface area (Å²) in [6.07, 6.45) is 5.90. The van der Waals surface area contributed by atoms with Crippen molar-refractivity contribution in [2.75, 3.05) is 52.1 Å². The first-order chi connectivity index (χ1) is 13.3. The average molecular weight is 542 g/mol. The summed E-state index contributed by atoms with van der Waals surface area (Å²) in [7, 11) is 0.406.